The topological polar surface area (TPSA) is 52.6 Å². The van der Waals surface area contributed by atoms with Crippen LogP contribution in [0.2, 0.25) is 0 Å². The third-order valence-electron chi connectivity index (χ3n) is 3.90. The maximum atomic E-state index is 14.4. The summed E-state index contributed by atoms with van der Waals surface area (Å²) in [6.07, 6.45) is 0.392. The lowest BCUT2D eigenvalue weighted by molar-refractivity contribution is -0.153. The summed E-state index contributed by atoms with van der Waals surface area (Å²) < 4.78 is 37.8. The third-order valence-corrected chi connectivity index (χ3v) is 3.90. The molecule has 2 rings (SSSR count). The lowest BCUT2D eigenvalue weighted by atomic mass is 9.78. The first-order valence-electron chi connectivity index (χ1n) is 6.85. The van der Waals surface area contributed by atoms with Gasteiger partial charge >= 0.3 is 11.9 Å². The number of alkyl halides is 1. The lowest BCUT2D eigenvalue weighted by Crippen LogP contribution is -2.39. The fourth-order valence-corrected chi connectivity index (χ4v) is 2.31. The van der Waals surface area contributed by atoms with Crippen molar-refractivity contribution < 1.29 is 27.8 Å². The zero-order valence-corrected chi connectivity index (χ0v) is 12.9. The van der Waals surface area contributed by atoms with Crippen molar-refractivity contribution in [3.05, 3.63) is 53.4 Å². The average molecular weight is 322 g/mol. The average Bonchev–Trinajstić information content (AvgIpc) is 2.57. The summed E-state index contributed by atoms with van der Waals surface area (Å²) in [6.45, 7) is 1.16. The molecule has 0 saturated heterocycles. The molecule has 23 heavy (non-hydrogen) atoms. The molecular formula is C17H16F2O4. The van der Waals surface area contributed by atoms with Crippen LogP contribution >= 0.6 is 0 Å². The highest BCUT2D eigenvalue weighted by atomic mass is 19.1. The second-order valence-corrected chi connectivity index (χ2v) is 5.28. The van der Waals surface area contributed by atoms with E-state index >= 15 is 0 Å². The molecule has 4 nitrogen and oxygen atoms in total. The number of rotatable bonds is 3. The Morgan fingerprint density at radius 2 is 1.74 bits per heavy atom. The number of hydrogen-bond acceptors (Lipinski definition) is 4. The van der Waals surface area contributed by atoms with Gasteiger partial charge in [-0.1, -0.05) is 12.1 Å². The van der Waals surface area contributed by atoms with E-state index in [1.807, 2.05) is 0 Å². The Labute approximate surface area is 132 Å². The van der Waals surface area contributed by atoms with Gasteiger partial charge in [-0.25, -0.2) is 13.6 Å². The summed E-state index contributed by atoms with van der Waals surface area (Å²) in [5.41, 5.74) is -0.854. The van der Waals surface area contributed by atoms with Gasteiger partial charge in [0.25, 0.3) is 0 Å². The minimum atomic E-state index is -1.98. The summed E-state index contributed by atoms with van der Waals surface area (Å²) in [7, 11) is 2.34. The maximum absolute atomic E-state index is 14.4. The Hall–Kier alpha value is -2.50. The molecule has 1 aliphatic rings. The van der Waals surface area contributed by atoms with Crippen LogP contribution in [0.4, 0.5) is 8.78 Å². The summed E-state index contributed by atoms with van der Waals surface area (Å²) in [5.74, 6) is -2.39. The molecule has 0 amide bonds. The van der Waals surface area contributed by atoms with Gasteiger partial charge in [0.05, 0.1) is 19.8 Å². The van der Waals surface area contributed by atoms with Crippen molar-refractivity contribution in [2.24, 2.45) is 5.41 Å². The van der Waals surface area contributed by atoms with Gasteiger partial charge in [-0.3, -0.25) is 4.79 Å². The lowest BCUT2D eigenvalue weighted by Gasteiger charge is -2.30. The van der Waals surface area contributed by atoms with Crippen molar-refractivity contribution in [1.29, 1.82) is 0 Å². The fourth-order valence-electron chi connectivity index (χ4n) is 2.31. The second-order valence-electron chi connectivity index (χ2n) is 5.28. The van der Waals surface area contributed by atoms with E-state index in [1.54, 1.807) is 12.1 Å². The van der Waals surface area contributed by atoms with Crippen LogP contribution in [0.5, 0.6) is 0 Å². The molecule has 2 atom stereocenters. The molecule has 0 N–H and O–H groups in total. The van der Waals surface area contributed by atoms with E-state index in [2.05, 4.69) is 9.47 Å². The molecule has 0 aliphatic heterocycles. The van der Waals surface area contributed by atoms with Crippen LogP contribution in [-0.4, -0.2) is 32.3 Å². The van der Waals surface area contributed by atoms with Crippen molar-refractivity contribution in [3.8, 4) is 0 Å². The molecule has 1 aliphatic carbocycles. The van der Waals surface area contributed by atoms with Crippen molar-refractivity contribution in [3.63, 3.8) is 0 Å². The van der Waals surface area contributed by atoms with Gasteiger partial charge in [0.2, 0.25) is 0 Å². The molecule has 0 aromatic heterocycles. The number of carbonyl (C=O) groups excluding carboxylic acids is 2. The Balaban J connectivity index is 2.35. The van der Waals surface area contributed by atoms with E-state index in [0.717, 1.165) is 26.2 Å². The first kappa shape index (κ1) is 16.9. The van der Waals surface area contributed by atoms with Crippen LogP contribution in [0, 0.1) is 5.41 Å². The van der Waals surface area contributed by atoms with Crippen LogP contribution in [0.25, 0.3) is 5.57 Å². The molecule has 0 saturated carbocycles. The summed E-state index contributed by atoms with van der Waals surface area (Å²) >= 11 is 0. The van der Waals surface area contributed by atoms with Gasteiger partial charge in [0, 0.05) is 0 Å². The van der Waals surface area contributed by atoms with Gasteiger partial charge in [-0.2, -0.15) is 0 Å². The van der Waals surface area contributed by atoms with Crippen molar-refractivity contribution in [1.82, 2.24) is 0 Å². The van der Waals surface area contributed by atoms with E-state index in [9.17, 15) is 18.4 Å². The van der Waals surface area contributed by atoms with Gasteiger partial charge in [0.1, 0.15) is 12.0 Å². The number of esters is 2. The predicted octanol–water partition coefficient (Wildman–Crippen LogP) is 3.24. The first-order chi connectivity index (χ1) is 10.8. The third kappa shape index (κ3) is 2.88. The summed E-state index contributed by atoms with van der Waals surface area (Å²) in [4.78, 5) is 23.1. The van der Waals surface area contributed by atoms with E-state index in [0.29, 0.717) is 11.1 Å². The maximum Gasteiger partial charge on any atom is 0.337 e. The normalized spacial score (nSPS) is 23.6. The zero-order valence-electron chi connectivity index (χ0n) is 12.9. The molecule has 0 heterocycles. The molecule has 122 valence electrons. The van der Waals surface area contributed by atoms with E-state index < -0.39 is 29.4 Å². The minimum Gasteiger partial charge on any atom is -0.468 e. The Morgan fingerprint density at radius 1 is 1.13 bits per heavy atom. The van der Waals surface area contributed by atoms with Crippen LogP contribution in [0.1, 0.15) is 22.8 Å². The van der Waals surface area contributed by atoms with Gasteiger partial charge in [-0.15, -0.1) is 0 Å². The highest BCUT2D eigenvalue weighted by molar-refractivity contribution is 5.90. The molecule has 0 fully saturated rings. The second kappa shape index (κ2) is 6.32. The van der Waals surface area contributed by atoms with Gasteiger partial charge in [-0.05, 0) is 42.3 Å². The Morgan fingerprint density at radius 3 is 2.22 bits per heavy atom. The molecular weight excluding hydrogens is 306 g/mol. The SMILES string of the molecule is COC(=O)c1ccc(C2=CC(F)C(C)(C(=O)OC)C(F)=C2)cc1. The van der Waals surface area contributed by atoms with Gasteiger partial charge < -0.3 is 9.47 Å². The number of allylic oxidation sites excluding steroid dienone is 3. The zero-order chi connectivity index (χ0) is 17.2. The van der Waals surface area contributed by atoms with Crippen LogP contribution < -0.4 is 0 Å². The standard InChI is InChI=1S/C17H16F2O4/c1-17(16(21)23-3)13(18)8-12(9-14(17)19)10-4-6-11(7-5-10)15(20)22-2/h4-9,13H,1-3H3. The highest BCUT2D eigenvalue weighted by Gasteiger charge is 2.48. The quantitative estimate of drug-likeness (QED) is 0.802. The molecule has 1 aromatic rings. The molecule has 0 radical (unpaired) electrons. The Bertz CT molecular complexity index is 691. The fraction of sp³-hybridized carbons (Fsp3) is 0.294. The number of carbonyl (C=O) groups is 2. The molecule has 1 aromatic carbocycles. The van der Waals surface area contributed by atoms with Crippen molar-refractivity contribution >= 4 is 17.5 Å². The van der Waals surface area contributed by atoms with Crippen LogP contribution in [-0.2, 0) is 14.3 Å². The minimum absolute atomic E-state index is 0.285. The number of ether oxygens (including phenoxy) is 2. The van der Waals surface area contributed by atoms with E-state index in [1.165, 1.54) is 19.2 Å². The summed E-state index contributed by atoms with van der Waals surface area (Å²) in [5, 5.41) is 0. The number of methoxy groups -OCH3 is 2. The van der Waals surface area contributed by atoms with E-state index in [4.69, 9.17) is 0 Å². The number of benzene rings is 1. The van der Waals surface area contributed by atoms with E-state index in [-0.39, 0.29) is 5.57 Å². The van der Waals surface area contributed by atoms with Crippen molar-refractivity contribution in [2.75, 3.05) is 14.2 Å². The highest BCUT2D eigenvalue weighted by Crippen LogP contribution is 2.42. The molecule has 2 unspecified atom stereocenters. The van der Waals surface area contributed by atoms with Gasteiger partial charge in [0.15, 0.2) is 5.41 Å². The summed E-state index contributed by atoms with van der Waals surface area (Å²) in [6, 6.07) is 6.09. The number of hydrogen-bond donors (Lipinski definition) is 0. The predicted molar refractivity (Wildman–Crippen MR) is 80.0 cm³/mol. The van der Waals surface area contributed by atoms with Crippen LogP contribution in [0.3, 0.4) is 0 Å². The largest absolute Gasteiger partial charge is 0.468 e. The monoisotopic (exact) mass is 322 g/mol. The molecule has 6 heteroatoms. The molecule has 0 bridgehead atoms. The van der Waals surface area contributed by atoms with Crippen LogP contribution in [0.15, 0.2) is 42.2 Å². The smallest absolute Gasteiger partial charge is 0.337 e. The Kier molecular flexibility index (Phi) is 4.63. The molecule has 0 spiro atoms. The number of halogens is 2. The first-order valence-corrected chi connectivity index (χ1v) is 6.85. The van der Waals surface area contributed by atoms with Crippen molar-refractivity contribution in [2.45, 2.75) is 13.1 Å².